The summed E-state index contributed by atoms with van der Waals surface area (Å²) in [6, 6.07) is 48.5. The summed E-state index contributed by atoms with van der Waals surface area (Å²) in [5, 5.41) is 1.57. The minimum atomic E-state index is -0.886. The predicted molar refractivity (Wildman–Crippen MR) is 221 cm³/mol. The van der Waals surface area contributed by atoms with Gasteiger partial charge in [0, 0.05) is 0 Å². The van der Waals surface area contributed by atoms with Crippen LogP contribution in [0.5, 0.6) is 0 Å². The summed E-state index contributed by atoms with van der Waals surface area (Å²) in [5.41, 5.74) is 18.1. The number of benzene rings is 7. The van der Waals surface area contributed by atoms with Crippen LogP contribution < -0.4 is 10.3 Å². The standard InChI is InChI=1S/C49H34N2OTe/c1-28-18-29(2)21-34(20-28)51(35-22-30(3)19-31(4)23-35)33-15-17-38-36-10-6-8-12-42(36)49(44(38)25-33)43-13-9-7-11-37(43)40-27-47-41(26-45(40)49)48(52)39-16-14-32(50-5)24-46(39)53-47/h6-27H,1-4H3. The zero-order valence-electron chi connectivity index (χ0n) is 29.9. The molecule has 0 N–H and O–H groups in total. The van der Waals surface area contributed by atoms with E-state index in [4.69, 9.17) is 6.57 Å². The number of nitrogens with zero attached hydrogens (tertiary/aromatic N) is 2. The predicted octanol–water partition coefficient (Wildman–Crippen LogP) is 12.0. The van der Waals surface area contributed by atoms with E-state index in [-0.39, 0.29) is 5.43 Å². The second kappa shape index (κ2) is 11.6. The third kappa shape index (κ3) is 4.61. The SMILES string of the molecule is [C-]#[N+]c1ccc2c(=O)c3cc4c(cc3[te]c2c1)-c1ccccc1C41c2ccccc2-c2ccc(N(c3cc(C)cc(C)c3)c3cc(C)cc(C)c3)cc21. The van der Waals surface area contributed by atoms with Crippen molar-refractivity contribution >= 4 is 60.8 Å². The second-order valence-electron chi connectivity index (χ2n) is 14.7. The van der Waals surface area contributed by atoms with E-state index in [0.717, 1.165) is 34.6 Å². The Morgan fingerprint density at radius 2 is 1.06 bits per heavy atom. The van der Waals surface area contributed by atoms with Gasteiger partial charge in [-0.15, -0.1) is 0 Å². The van der Waals surface area contributed by atoms with Crippen LogP contribution in [0.2, 0.25) is 0 Å². The first-order valence-corrected chi connectivity index (χ1v) is 20.3. The molecule has 1 spiro atoms. The Kier molecular flexibility index (Phi) is 7.03. The molecule has 10 rings (SSSR count). The molecule has 0 radical (unpaired) electrons. The summed E-state index contributed by atoms with van der Waals surface area (Å²) >= 11 is -0.886. The Morgan fingerprint density at radius 3 is 1.68 bits per heavy atom. The summed E-state index contributed by atoms with van der Waals surface area (Å²) in [5.74, 6) is 0. The molecule has 0 aliphatic heterocycles. The van der Waals surface area contributed by atoms with E-state index in [1.807, 2.05) is 12.1 Å². The van der Waals surface area contributed by atoms with Crippen LogP contribution in [0.15, 0.2) is 138 Å². The van der Waals surface area contributed by atoms with Gasteiger partial charge in [-0.3, -0.25) is 0 Å². The molecule has 1 unspecified atom stereocenters. The molecule has 0 amide bonds. The molecule has 0 bridgehead atoms. The molecular formula is C49H34N2OTe. The third-order valence-electron chi connectivity index (χ3n) is 11.2. The number of hydrogen-bond donors (Lipinski definition) is 0. The van der Waals surface area contributed by atoms with Crippen molar-refractivity contribution < 1.29 is 0 Å². The van der Waals surface area contributed by atoms with Gasteiger partial charge >= 0.3 is 281 Å². The van der Waals surface area contributed by atoms with E-state index in [1.165, 1.54) is 66.8 Å². The quantitative estimate of drug-likeness (QED) is 0.101. The number of fused-ring (bicyclic) bond motifs is 12. The van der Waals surface area contributed by atoms with Gasteiger partial charge in [-0.25, -0.2) is 0 Å². The van der Waals surface area contributed by atoms with Gasteiger partial charge in [0.1, 0.15) is 0 Å². The van der Waals surface area contributed by atoms with E-state index >= 15 is 0 Å². The van der Waals surface area contributed by atoms with E-state index in [0.29, 0.717) is 5.69 Å². The molecule has 7 aromatic carbocycles. The van der Waals surface area contributed by atoms with Gasteiger partial charge in [0.25, 0.3) is 0 Å². The fraction of sp³-hybridized carbons (Fsp3) is 0.102. The molecule has 1 heterocycles. The Balaban J connectivity index is 1.30. The molecule has 8 aromatic rings. The van der Waals surface area contributed by atoms with E-state index in [9.17, 15) is 4.79 Å². The minimum absolute atomic E-state index is 0.0628. The van der Waals surface area contributed by atoms with Crippen LogP contribution in [0.1, 0.15) is 44.5 Å². The fourth-order valence-corrected chi connectivity index (χ4v) is 12.5. The molecule has 2 aliphatic carbocycles. The zero-order valence-corrected chi connectivity index (χ0v) is 32.2. The molecule has 252 valence electrons. The van der Waals surface area contributed by atoms with Crippen molar-refractivity contribution in [1.82, 2.24) is 0 Å². The van der Waals surface area contributed by atoms with Gasteiger partial charge in [0.05, 0.1) is 0 Å². The van der Waals surface area contributed by atoms with Gasteiger partial charge in [-0.1, -0.05) is 12.1 Å². The molecule has 53 heavy (non-hydrogen) atoms. The number of rotatable bonds is 3. The molecule has 3 nitrogen and oxygen atoms in total. The van der Waals surface area contributed by atoms with Crippen LogP contribution in [0.4, 0.5) is 22.7 Å². The monoisotopic (exact) mass is 796 g/mol. The van der Waals surface area contributed by atoms with Gasteiger partial charge in [0.2, 0.25) is 0 Å². The Hall–Kier alpha value is -5.71. The molecular weight excluding hydrogens is 760 g/mol. The Labute approximate surface area is 318 Å². The van der Waals surface area contributed by atoms with Crippen molar-refractivity contribution in [1.29, 1.82) is 0 Å². The maximum atomic E-state index is 14.4. The summed E-state index contributed by atoms with van der Waals surface area (Å²) in [4.78, 5) is 20.5. The van der Waals surface area contributed by atoms with Crippen LogP contribution >= 0.6 is 0 Å². The van der Waals surface area contributed by atoms with Crippen molar-refractivity contribution in [2.24, 2.45) is 0 Å². The molecule has 1 aromatic heterocycles. The third-order valence-corrected chi connectivity index (χ3v) is 14.3. The van der Waals surface area contributed by atoms with Crippen molar-refractivity contribution in [3.05, 3.63) is 200 Å². The first-order chi connectivity index (χ1) is 25.7. The van der Waals surface area contributed by atoms with Crippen molar-refractivity contribution in [2.75, 3.05) is 4.90 Å². The summed E-state index contributed by atoms with van der Waals surface area (Å²) < 4.78 is 2.21. The van der Waals surface area contributed by atoms with Gasteiger partial charge in [-0.05, 0) is 27.7 Å². The molecule has 0 saturated carbocycles. The average Bonchev–Trinajstić information content (AvgIpc) is 3.60. The van der Waals surface area contributed by atoms with E-state index in [1.54, 1.807) is 6.07 Å². The first-order valence-electron chi connectivity index (χ1n) is 18.0. The molecule has 1 atom stereocenters. The fourth-order valence-electron chi connectivity index (χ4n) is 9.27. The average molecular weight is 794 g/mol. The van der Waals surface area contributed by atoms with Crippen LogP contribution in [-0.4, -0.2) is 20.4 Å². The van der Waals surface area contributed by atoms with Crippen molar-refractivity contribution in [2.45, 2.75) is 33.1 Å². The van der Waals surface area contributed by atoms with E-state index < -0.39 is 25.8 Å². The molecule has 4 heteroatoms. The zero-order chi connectivity index (χ0) is 36.2. The van der Waals surface area contributed by atoms with Crippen LogP contribution in [0.25, 0.3) is 44.7 Å². The van der Waals surface area contributed by atoms with Gasteiger partial charge in [-0.2, -0.15) is 0 Å². The number of aryl methyl sites for hydroxylation is 4. The second-order valence-corrected chi connectivity index (χ2v) is 17.8. The summed E-state index contributed by atoms with van der Waals surface area (Å²) in [6.45, 7) is 16.3. The number of anilines is 3. The summed E-state index contributed by atoms with van der Waals surface area (Å²) in [7, 11) is 0. The van der Waals surface area contributed by atoms with E-state index in [2.05, 4.69) is 153 Å². The van der Waals surface area contributed by atoms with Crippen LogP contribution in [-0.2, 0) is 5.41 Å². The van der Waals surface area contributed by atoms with Crippen molar-refractivity contribution in [3.8, 4) is 22.3 Å². The molecule has 2 aliphatic rings. The Morgan fingerprint density at radius 1 is 0.509 bits per heavy atom. The number of hydrogen-bond acceptors (Lipinski definition) is 2. The normalized spacial score (nSPS) is 14.9. The van der Waals surface area contributed by atoms with Crippen molar-refractivity contribution in [3.63, 3.8) is 0 Å². The molecule has 0 saturated heterocycles. The van der Waals surface area contributed by atoms with Crippen LogP contribution in [0, 0.1) is 34.3 Å². The topological polar surface area (TPSA) is 24.7 Å². The maximum absolute atomic E-state index is 14.4. The first kappa shape index (κ1) is 32.0. The van der Waals surface area contributed by atoms with Gasteiger partial charge < -0.3 is 0 Å². The summed E-state index contributed by atoms with van der Waals surface area (Å²) in [6.07, 6.45) is 0. The van der Waals surface area contributed by atoms with Crippen LogP contribution in [0.3, 0.4) is 0 Å². The Bertz CT molecular complexity index is 2910. The van der Waals surface area contributed by atoms with Gasteiger partial charge in [0.15, 0.2) is 0 Å². The molecule has 0 fully saturated rings.